The van der Waals surface area contributed by atoms with Crippen LogP contribution in [0.25, 0.3) is 11.1 Å². The van der Waals surface area contributed by atoms with Gasteiger partial charge < -0.3 is 0 Å². The van der Waals surface area contributed by atoms with Crippen LogP contribution in [0.2, 0.25) is 0 Å². The molecule has 0 N–H and O–H groups in total. The first-order chi connectivity index (χ1) is 13.6. The third-order valence-electron chi connectivity index (χ3n) is 6.11. The molecular formula is C26H30F2. The molecule has 0 spiro atoms. The van der Waals surface area contributed by atoms with Crippen LogP contribution in [0.3, 0.4) is 0 Å². The first kappa shape index (κ1) is 20.6. The van der Waals surface area contributed by atoms with Crippen molar-refractivity contribution in [2.75, 3.05) is 0 Å². The van der Waals surface area contributed by atoms with E-state index in [2.05, 4.69) is 18.8 Å². The third-order valence-corrected chi connectivity index (χ3v) is 6.11. The van der Waals surface area contributed by atoms with Gasteiger partial charge in [0, 0.05) is 11.1 Å². The predicted octanol–water partition coefficient (Wildman–Crippen LogP) is 7.54. The summed E-state index contributed by atoms with van der Waals surface area (Å²) in [5, 5.41) is 0. The van der Waals surface area contributed by atoms with E-state index in [9.17, 15) is 8.78 Å². The average molecular weight is 381 g/mol. The highest BCUT2D eigenvalue weighted by atomic mass is 19.2. The van der Waals surface area contributed by atoms with Crippen molar-refractivity contribution < 1.29 is 8.78 Å². The van der Waals surface area contributed by atoms with Crippen LogP contribution in [0.15, 0.2) is 36.4 Å². The van der Waals surface area contributed by atoms with E-state index in [0.717, 1.165) is 17.9 Å². The fourth-order valence-electron chi connectivity index (χ4n) is 4.46. The minimum Gasteiger partial charge on any atom is -0.203 e. The van der Waals surface area contributed by atoms with Crippen molar-refractivity contribution in [3.63, 3.8) is 0 Å². The van der Waals surface area contributed by atoms with Gasteiger partial charge in [-0.2, -0.15) is 0 Å². The van der Waals surface area contributed by atoms with E-state index < -0.39 is 11.6 Å². The second-order valence-corrected chi connectivity index (χ2v) is 8.07. The van der Waals surface area contributed by atoms with E-state index >= 15 is 0 Å². The van der Waals surface area contributed by atoms with E-state index in [0.29, 0.717) is 29.0 Å². The topological polar surface area (TPSA) is 0 Å². The van der Waals surface area contributed by atoms with Gasteiger partial charge in [-0.1, -0.05) is 75.6 Å². The monoisotopic (exact) mass is 380 g/mol. The molecule has 0 radical (unpaired) electrons. The molecule has 2 aromatic rings. The Morgan fingerprint density at radius 1 is 0.857 bits per heavy atom. The van der Waals surface area contributed by atoms with Gasteiger partial charge in [-0.15, -0.1) is 5.92 Å². The van der Waals surface area contributed by atoms with Crippen LogP contribution < -0.4 is 0 Å². The molecule has 28 heavy (non-hydrogen) atoms. The van der Waals surface area contributed by atoms with Crippen molar-refractivity contribution in [3.05, 3.63) is 59.2 Å². The van der Waals surface area contributed by atoms with Crippen molar-refractivity contribution in [2.24, 2.45) is 11.8 Å². The zero-order valence-corrected chi connectivity index (χ0v) is 17.0. The van der Waals surface area contributed by atoms with Gasteiger partial charge in [-0.25, -0.2) is 8.78 Å². The fraction of sp³-hybridized carbons (Fsp3) is 0.462. The maximum absolute atomic E-state index is 14.7. The van der Waals surface area contributed by atoms with E-state index in [1.807, 2.05) is 12.1 Å². The summed E-state index contributed by atoms with van der Waals surface area (Å²) in [6, 6.07) is 10.7. The summed E-state index contributed by atoms with van der Waals surface area (Å²) in [7, 11) is 0. The number of benzene rings is 2. The summed E-state index contributed by atoms with van der Waals surface area (Å²) >= 11 is 0. The van der Waals surface area contributed by atoms with Crippen LogP contribution in [0.4, 0.5) is 8.78 Å². The lowest BCUT2D eigenvalue weighted by molar-refractivity contribution is 0.251. The van der Waals surface area contributed by atoms with E-state index in [-0.39, 0.29) is 0 Å². The predicted molar refractivity (Wildman–Crippen MR) is 113 cm³/mol. The molecule has 1 aliphatic rings. The lowest BCUT2D eigenvalue weighted by Gasteiger charge is -2.28. The van der Waals surface area contributed by atoms with E-state index in [1.54, 1.807) is 31.2 Å². The molecule has 0 nitrogen and oxygen atoms in total. The Hall–Kier alpha value is -2.14. The molecule has 0 aromatic heterocycles. The Morgan fingerprint density at radius 3 is 2.11 bits per heavy atom. The molecule has 3 rings (SSSR count). The largest absolute Gasteiger partial charge is 0.203 e. The van der Waals surface area contributed by atoms with Gasteiger partial charge in [-0.05, 0) is 54.9 Å². The lowest BCUT2D eigenvalue weighted by atomic mass is 9.78. The van der Waals surface area contributed by atoms with Crippen LogP contribution in [0, 0.1) is 35.3 Å². The first-order valence-corrected chi connectivity index (χ1v) is 10.6. The van der Waals surface area contributed by atoms with Crippen LogP contribution in [0.5, 0.6) is 0 Å². The Balaban J connectivity index is 1.64. The molecule has 0 unspecified atom stereocenters. The highest BCUT2D eigenvalue weighted by molar-refractivity contribution is 5.65. The molecule has 0 amide bonds. The van der Waals surface area contributed by atoms with Crippen molar-refractivity contribution in [1.29, 1.82) is 0 Å². The quantitative estimate of drug-likeness (QED) is 0.454. The van der Waals surface area contributed by atoms with Gasteiger partial charge in [0.1, 0.15) is 0 Å². The summed E-state index contributed by atoms with van der Waals surface area (Å²) in [5.41, 5.74) is 2.37. The second-order valence-electron chi connectivity index (χ2n) is 8.07. The van der Waals surface area contributed by atoms with Gasteiger partial charge >= 0.3 is 0 Å². The second kappa shape index (κ2) is 9.87. The molecular weight excluding hydrogens is 350 g/mol. The molecule has 0 atom stereocenters. The van der Waals surface area contributed by atoms with Crippen molar-refractivity contribution in [1.82, 2.24) is 0 Å². The third kappa shape index (κ3) is 5.02. The molecule has 1 aliphatic carbocycles. The van der Waals surface area contributed by atoms with Gasteiger partial charge in [0.15, 0.2) is 11.6 Å². The van der Waals surface area contributed by atoms with Crippen molar-refractivity contribution in [3.8, 4) is 23.0 Å². The minimum atomic E-state index is -0.738. The highest BCUT2D eigenvalue weighted by Crippen LogP contribution is 2.34. The minimum absolute atomic E-state index is 0.317. The molecule has 0 aliphatic heterocycles. The number of hydrogen-bond acceptors (Lipinski definition) is 0. The molecule has 1 saturated carbocycles. The number of hydrogen-bond donors (Lipinski definition) is 0. The molecule has 148 valence electrons. The fourth-order valence-corrected chi connectivity index (χ4v) is 4.46. The lowest BCUT2D eigenvalue weighted by Crippen LogP contribution is -2.15. The van der Waals surface area contributed by atoms with E-state index in [4.69, 9.17) is 0 Å². The Bertz CT molecular complexity index is 831. The Labute approximate surface area is 168 Å². The summed E-state index contributed by atoms with van der Waals surface area (Å²) < 4.78 is 29.4. The van der Waals surface area contributed by atoms with Gasteiger partial charge in [0.2, 0.25) is 0 Å². The van der Waals surface area contributed by atoms with Crippen LogP contribution in [0.1, 0.15) is 69.9 Å². The number of halogens is 2. The Kier molecular flexibility index (Phi) is 7.26. The highest BCUT2D eigenvalue weighted by Gasteiger charge is 2.21. The molecule has 0 bridgehead atoms. The van der Waals surface area contributed by atoms with Gasteiger partial charge in [0.05, 0.1) is 0 Å². The molecule has 1 fully saturated rings. The van der Waals surface area contributed by atoms with Crippen molar-refractivity contribution >= 4 is 0 Å². The summed E-state index contributed by atoms with van der Waals surface area (Å²) in [6.45, 7) is 4.03. The average Bonchev–Trinajstić information content (AvgIpc) is 2.71. The standard InChI is InChI=1S/C26H30F2/c1-3-5-19-7-9-21(10-8-19)13-16-23-17-18-24(26(28)25(23)27)22-14-11-20(6-4-2)12-15-22/h11-12,14-15,17-19,21H,3,5,7-10,13,16H2,1-2H3/t19-,21-. The summed E-state index contributed by atoms with van der Waals surface area (Å²) in [4.78, 5) is 0. The molecule has 0 heterocycles. The molecule has 2 heteroatoms. The first-order valence-electron chi connectivity index (χ1n) is 10.6. The molecule has 2 aromatic carbocycles. The van der Waals surface area contributed by atoms with E-state index in [1.165, 1.54) is 38.5 Å². The van der Waals surface area contributed by atoms with Crippen LogP contribution in [-0.4, -0.2) is 0 Å². The summed E-state index contributed by atoms with van der Waals surface area (Å²) in [5.74, 6) is 5.91. The van der Waals surface area contributed by atoms with Crippen molar-refractivity contribution in [2.45, 2.75) is 65.2 Å². The molecule has 0 saturated heterocycles. The van der Waals surface area contributed by atoms with Crippen LogP contribution in [-0.2, 0) is 6.42 Å². The smallest absolute Gasteiger partial charge is 0.166 e. The van der Waals surface area contributed by atoms with Crippen LogP contribution >= 0.6 is 0 Å². The Morgan fingerprint density at radius 2 is 1.50 bits per heavy atom. The zero-order valence-electron chi connectivity index (χ0n) is 17.0. The van der Waals surface area contributed by atoms with Gasteiger partial charge in [0.25, 0.3) is 0 Å². The maximum atomic E-state index is 14.7. The number of aryl methyl sites for hydroxylation is 1. The maximum Gasteiger partial charge on any atom is 0.166 e. The zero-order chi connectivity index (χ0) is 19.9. The normalized spacial score (nSPS) is 19.1. The SMILES string of the molecule is CC#Cc1ccc(-c2ccc(CC[C@H]3CC[C@H](CCC)CC3)c(F)c2F)cc1. The summed E-state index contributed by atoms with van der Waals surface area (Å²) in [6.07, 6.45) is 9.25. The number of rotatable bonds is 6. The van der Waals surface area contributed by atoms with Gasteiger partial charge in [-0.3, -0.25) is 0 Å².